The van der Waals surface area contributed by atoms with Crippen LogP contribution in [0.5, 0.6) is 11.5 Å². The highest BCUT2D eigenvalue weighted by Gasteiger charge is 2.30. The summed E-state index contributed by atoms with van der Waals surface area (Å²) in [6.07, 6.45) is -2.57. The lowest BCUT2D eigenvalue weighted by Gasteiger charge is -2.31. The first-order valence-corrected chi connectivity index (χ1v) is 12.0. The third kappa shape index (κ3) is 5.35. The molecule has 5 rings (SSSR count). The molecule has 2 aromatic carbocycles. The highest BCUT2D eigenvalue weighted by molar-refractivity contribution is 5.86. The van der Waals surface area contributed by atoms with E-state index < -0.39 is 17.8 Å². The Balaban J connectivity index is 1.35. The number of halogens is 3. The van der Waals surface area contributed by atoms with Crippen LogP contribution in [0, 0.1) is 0 Å². The molecule has 0 saturated carbocycles. The number of benzene rings is 2. The number of aromatic nitrogens is 3. The Hall–Kier alpha value is -4.32. The van der Waals surface area contributed by atoms with Crippen LogP contribution >= 0.6 is 0 Å². The monoisotopic (exact) mass is 526 g/mol. The fourth-order valence-corrected chi connectivity index (χ4v) is 4.46. The fourth-order valence-electron chi connectivity index (χ4n) is 4.46. The van der Waals surface area contributed by atoms with E-state index in [1.807, 2.05) is 6.07 Å². The predicted molar refractivity (Wildman–Crippen MR) is 136 cm³/mol. The summed E-state index contributed by atoms with van der Waals surface area (Å²) < 4.78 is 46.3. The van der Waals surface area contributed by atoms with Crippen LogP contribution in [0.15, 0.2) is 60.8 Å². The quantitative estimate of drug-likeness (QED) is 0.293. The lowest BCUT2D eigenvalue weighted by atomic mass is 10.1. The Bertz CT molecular complexity index is 1450. The number of imidazole rings is 1. The van der Waals surface area contributed by atoms with Crippen LogP contribution in [0.1, 0.15) is 18.4 Å². The number of amides is 1. The highest BCUT2D eigenvalue weighted by Crippen LogP contribution is 2.32. The summed E-state index contributed by atoms with van der Waals surface area (Å²) in [5.74, 6) is 1.65. The predicted octanol–water partition coefficient (Wildman–Crippen LogP) is 5.76. The van der Waals surface area contributed by atoms with Gasteiger partial charge in [-0.05, 0) is 68.4 Å². The summed E-state index contributed by atoms with van der Waals surface area (Å²) in [5, 5.41) is 16.1. The first-order valence-electron chi connectivity index (χ1n) is 12.0. The summed E-state index contributed by atoms with van der Waals surface area (Å²) in [7, 11) is 1.79. The molecule has 1 aliphatic heterocycles. The highest BCUT2D eigenvalue weighted by atomic mass is 19.4. The molecule has 0 radical (unpaired) electrons. The third-order valence-corrected chi connectivity index (χ3v) is 6.40. The van der Waals surface area contributed by atoms with Crippen molar-refractivity contribution in [2.45, 2.75) is 25.1 Å². The smallest absolute Gasteiger partial charge is 0.416 e. The Labute approximate surface area is 215 Å². The van der Waals surface area contributed by atoms with Crippen molar-refractivity contribution in [3.8, 4) is 11.5 Å². The van der Waals surface area contributed by atoms with Crippen LogP contribution in [-0.2, 0) is 13.2 Å². The number of anilines is 3. The van der Waals surface area contributed by atoms with E-state index in [0.29, 0.717) is 47.3 Å². The van der Waals surface area contributed by atoms with Crippen molar-refractivity contribution in [2.24, 2.45) is 7.05 Å². The molecular weight excluding hydrogens is 501 g/mol. The average Bonchev–Trinajstić information content (AvgIpc) is 3.19. The van der Waals surface area contributed by atoms with Crippen LogP contribution in [0.3, 0.4) is 0 Å². The molecule has 0 aliphatic carbocycles. The molecule has 1 amide bonds. The first kappa shape index (κ1) is 25.3. The van der Waals surface area contributed by atoms with Gasteiger partial charge in [-0.1, -0.05) is 0 Å². The zero-order valence-electron chi connectivity index (χ0n) is 20.4. The van der Waals surface area contributed by atoms with Gasteiger partial charge in [-0.3, -0.25) is 4.90 Å². The first-order chi connectivity index (χ1) is 18.2. The van der Waals surface area contributed by atoms with Crippen molar-refractivity contribution >= 4 is 34.6 Å². The van der Waals surface area contributed by atoms with Gasteiger partial charge in [0.15, 0.2) is 0 Å². The summed E-state index contributed by atoms with van der Waals surface area (Å²) >= 11 is 0. The van der Waals surface area contributed by atoms with Crippen molar-refractivity contribution in [1.29, 1.82) is 0 Å². The molecule has 198 valence electrons. The summed E-state index contributed by atoms with van der Waals surface area (Å²) in [6, 6.07) is 13.1. The van der Waals surface area contributed by atoms with Gasteiger partial charge in [0.25, 0.3) is 0 Å². The summed E-state index contributed by atoms with van der Waals surface area (Å²) in [4.78, 5) is 22.1. The number of aryl methyl sites for hydroxylation is 1. The zero-order valence-corrected chi connectivity index (χ0v) is 20.4. The number of nitrogens with zero attached hydrogens (tertiary/aromatic N) is 4. The van der Waals surface area contributed by atoms with Gasteiger partial charge < -0.3 is 25.0 Å². The number of nitrogens with one attached hydrogen (secondary N) is 2. The molecule has 1 fully saturated rings. The lowest BCUT2D eigenvalue weighted by Crippen LogP contribution is -2.46. The number of fused-ring (bicyclic) bond motifs is 1. The Kier molecular flexibility index (Phi) is 6.81. The van der Waals surface area contributed by atoms with Gasteiger partial charge in [0.1, 0.15) is 17.3 Å². The average molecular weight is 527 g/mol. The molecule has 0 unspecified atom stereocenters. The molecule has 3 N–H and O–H groups in total. The molecule has 1 aliphatic rings. The minimum absolute atomic E-state index is 0.169. The van der Waals surface area contributed by atoms with E-state index in [1.54, 1.807) is 35.9 Å². The number of hydrogen-bond donors (Lipinski definition) is 3. The van der Waals surface area contributed by atoms with Crippen LogP contribution in [-0.4, -0.2) is 44.9 Å². The molecule has 0 spiro atoms. The van der Waals surface area contributed by atoms with Gasteiger partial charge in [-0.2, -0.15) is 13.2 Å². The fraction of sp³-hybridized carbons (Fsp3) is 0.269. The minimum Gasteiger partial charge on any atom is -0.465 e. The number of ether oxygens (including phenoxy) is 1. The molecule has 2 aromatic heterocycles. The van der Waals surface area contributed by atoms with Crippen LogP contribution in [0.25, 0.3) is 11.0 Å². The number of pyridine rings is 1. The maximum absolute atomic E-state index is 12.8. The SMILES string of the molecule is Cn1c(Nc2ccc(C(F)(F)F)cc2)nc2cc(Oc3ccnc(N(C(=O)O)C4CCNCC4)c3)ccc21. The molecule has 0 atom stereocenters. The number of piperidine rings is 1. The second kappa shape index (κ2) is 10.2. The zero-order chi connectivity index (χ0) is 26.9. The van der Waals surface area contributed by atoms with Gasteiger partial charge in [0.2, 0.25) is 5.95 Å². The maximum atomic E-state index is 12.8. The second-order valence-corrected chi connectivity index (χ2v) is 8.93. The summed E-state index contributed by atoms with van der Waals surface area (Å²) in [5.41, 5.74) is 1.13. The number of hydrogen-bond acceptors (Lipinski definition) is 6. The third-order valence-electron chi connectivity index (χ3n) is 6.40. The van der Waals surface area contributed by atoms with E-state index in [2.05, 4.69) is 20.6 Å². The molecule has 38 heavy (non-hydrogen) atoms. The van der Waals surface area contributed by atoms with Gasteiger partial charge in [0.05, 0.1) is 16.6 Å². The molecule has 4 aromatic rings. The summed E-state index contributed by atoms with van der Waals surface area (Å²) in [6.45, 7) is 1.48. The molecule has 0 bridgehead atoms. The van der Waals surface area contributed by atoms with Crippen LogP contribution < -0.4 is 20.3 Å². The second-order valence-electron chi connectivity index (χ2n) is 8.93. The Morgan fingerprint density at radius 1 is 1.11 bits per heavy atom. The van der Waals surface area contributed by atoms with Gasteiger partial charge in [-0.25, -0.2) is 14.8 Å². The van der Waals surface area contributed by atoms with Crippen LogP contribution in [0.2, 0.25) is 0 Å². The Morgan fingerprint density at radius 2 is 1.82 bits per heavy atom. The number of alkyl halides is 3. The van der Waals surface area contributed by atoms with Crippen LogP contribution in [0.4, 0.5) is 35.4 Å². The molecule has 9 nitrogen and oxygen atoms in total. The van der Waals surface area contributed by atoms with Gasteiger partial charge >= 0.3 is 12.3 Å². The van der Waals surface area contributed by atoms with E-state index in [0.717, 1.165) is 30.7 Å². The number of carbonyl (C=O) groups is 1. The minimum atomic E-state index is -4.40. The van der Waals surface area contributed by atoms with E-state index in [-0.39, 0.29) is 6.04 Å². The standard InChI is InChI=1S/C26H25F3N6O3/c1-34-22-7-6-19(14-21(22)33-24(34)32-17-4-2-16(3-5-17)26(27,28)29)38-20-10-13-31-23(15-20)35(25(36)37)18-8-11-30-12-9-18/h2-7,10,13-15,18,30H,8-9,11-12H2,1H3,(H,32,33)(H,36,37). The maximum Gasteiger partial charge on any atom is 0.416 e. The van der Waals surface area contributed by atoms with Gasteiger partial charge in [0, 0.05) is 37.1 Å². The van der Waals surface area contributed by atoms with Crippen molar-refractivity contribution in [2.75, 3.05) is 23.3 Å². The van der Waals surface area contributed by atoms with Gasteiger partial charge in [-0.15, -0.1) is 0 Å². The van der Waals surface area contributed by atoms with Crippen molar-refractivity contribution < 1.29 is 27.8 Å². The topological polar surface area (TPSA) is 105 Å². The van der Waals surface area contributed by atoms with E-state index in [9.17, 15) is 23.1 Å². The molecule has 1 saturated heterocycles. The Morgan fingerprint density at radius 3 is 2.50 bits per heavy atom. The largest absolute Gasteiger partial charge is 0.465 e. The van der Waals surface area contributed by atoms with E-state index >= 15 is 0 Å². The van der Waals surface area contributed by atoms with Crippen molar-refractivity contribution in [1.82, 2.24) is 19.9 Å². The van der Waals surface area contributed by atoms with E-state index in [1.165, 1.54) is 23.2 Å². The lowest BCUT2D eigenvalue weighted by molar-refractivity contribution is -0.137. The van der Waals surface area contributed by atoms with E-state index in [4.69, 9.17) is 4.74 Å². The number of rotatable bonds is 6. The molecule has 3 heterocycles. The molecule has 12 heteroatoms. The normalized spacial score (nSPS) is 14.4. The van der Waals surface area contributed by atoms with Crippen molar-refractivity contribution in [3.63, 3.8) is 0 Å². The van der Waals surface area contributed by atoms with Crippen molar-refractivity contribution in [3.05, 3.63) is 66.4 Å². The number of carboxylic acid groups (broad SMARTS) is 1. The molecular formula is C26H25F3N6O3.